The fourth-order valence-corrected chi connectivity index (χ4v) is 6.63. The summed E-state index contributed by atoms with van der Waals surface area (Å²) in [4.78, 5) is 43.0. The second kappa shape index (κ2) is 8.73. The number of carbonyl (C=O) groups excluding carboxylic acids is 3. The highest BCUT2D eigenvalue weighted by Gasteiger charge is 2.64. The molecule has 4 aliphatic rings. The van der Waals surface area contributed by atoms with E-state index in [1.165, 1.54) is 17.1 Å². The molecule has 1 saturated heterocycles. The lowest BCUT2D eigenvalue weighted by molar-refractivity contribution is -0.157. The average Bonchev–Trinajstić information content (AvgIpc) is 3.32. The molecular weight excluding hydrogens is 510 g/mol. The van der Waals surface area contributed by atoms with Gasteiger partial charge in [-0.25, -0.2) is 0 Å². The summed E-state index contributed by atoms with van der Waals surface area (Å²) in [6.45, 7) is 1.20. The number of amides is 1. The molecule has 13 nitrogen and oxygen atoms in total. The van der Waals surface area contributed by atoms with Crippen molar-refractivity contribution in [2.24, 2.45) is 24.6 Å². The number of aromatic nitrogens is 3. The van der Waals surface area contributed by atoms with Gasteiger partial charge in [0.15, 0.2) is 11.4 Å². The van der Waals surface area contributed by atoms with E-state index in [1.54, 1.807) is 18.0 Å². The topological polar surface area (TPSA) is 201 Å². The molecule has 0 spiro atoms. The number of aryl methyl sites for hydroxylation is 1. The van der Waals surface area contributed by atoms with Crippen LogP contribution >= 0.6 is 0 Å². The molecule has 13 heteroatoms. The fourth-order valence-electron chi connectivity index (χ4n) is 6.63. The summed E-state index contributed by atoms with van der Waals surface area (Å²) in [5.74, 6) is -6.84. The molecule has 6 N–H and O–H groups in total. The summed E-state index contributed by atoms with van der Waals surface area (Å²) >= 11 is 0. The quantitative estimate of drug-likeness (QED) is 0.317. The monoisotopic (exact) mass is 537 g/mol. The van der Waals surface area contributed by atoms with Crippen molar-refractivity contribution in [1.82, 2.24) is 19.9 Å². The number of rotatable bonds is 3. The van der Waals surface area contributed by atoms with Crippen molar-refractivity contribution in [3.05, 3.63) is 46.4 Å². The SMILES string of the molecule is Cn1ncc(-c2ccc(O)c3c2CC2CC4C(N5CCOCC5)C(=O)C(C(N)=O)=C(O)C4(O)C(=O)C2=C3O)n1. The first-order valence-corrected chi connectivity index (χ1v) is 12.6. The lowest BCUT2D eigenvalue weighted by Gasteiger charge is -2.51. The highest BCUT2D eigenvalue weighted by atomic mass is 16.5. The zero-order valence-electron chi connectivity index (χ0n) is 21.0. The third kappa shape index (κ3) is 3.46. The van der Waals surface area contributed by atoms with Crippen molar-refractivity contribution in [1.29, 1.82) is 0 Å². The number of phenolic OH excluding ortho intramolecular Hbond substituents is 1. The molecule has 2 fully saturated rings. The number of aliphatic hydroxyl groups excluding tert-OH is 2. The number of nitrogens with two attached hydrogens (primary N) is 1. The van der Waals surface area contributed by atoms with Crippen LogP contribution in [0.25, 0.3) is 17.0 Å². The van der Waals surface area contributed by atoms with E-state index in [0.29, 0.717) is 43.1 Å². The Labute approximate surface area is 221 Å². The van der Waals surface area contributed by atoms with E-state index in [4.69, 9.17) is 10.5 Å². The summed E-state index contributed by atoms with van der Waals surface area (Å²) in [6, 6.07) is 1.88. The maximum Gasteiger partial charge on any atom is 0.255 e. The van der Waals surface area contributed by atoms with E-state index < -0.39 is 58.0 Å². The van der Waals surface area contributed by atoms with Crippen LogP contribution in [-0.2, 0) is 32.6 Å². The number of aliphatic hydroxyl groups is 3. The first-order valence-electron chi connectivity index (χ1n) is 12.6. The fraction of sp³-hybridized carbons (Fsp3) is 0.423. The van der Waals surface area contributed by atoms with E-state index >= 15 is 0 Å². The van der Waals surface area contributed by atoms with E-state index in [-0.39, 0.29) is 29.7 Å². The van der Waals surface area contributed by atoms with Crippen LogP contribution in [0.5, 0.6) is 5.75 Å². The van der Waals surface area contributed by atoms with Gasteiger partial charge in [-0.3, -0.25) is 19.3 Å². The number of nitrogens with zero attached hydrogens (tertiary/aromatic N) is 4. The van der Waals surface area contributed by atoms with Crippen LogP contribution in [0.1, 0.15) is 17.5 Å². The highest BCUT2D eigenvalue weighted by molar-refractivity contribution is 6.24. The minimum Gasteiger partial charge on any atom is -0.508 e. The van der Waals surface area contributed by atoms with Crippen LogP contribution in [0.4, 0.5) is 0 Å². The van der Waals surface area contributed by atoms with Gasteiger partial charge in [-0.15, -0.1) is 0 Å². The lowest BCUT2D eigenvalue weighted by atomic mass is 9.57. The van der Waals surface area contributed by atoms with Crippen molar-refractivity contribution in [2.75, 3.05) is 26.3 Å². The number of Topliss-reactive ketones (excluding diaryl/α,β-unsaturated/α-hetero) is 2. The Morgan fingerprint density at radius 3 is 2.54 bits per heavy atom. The third-order valence-corrected chi connectivity index (χ3v) is 8.36. The normalized spacial score (nSPS) is 29.2. The minimum atomic E-state index is -2.68. The predicted molar refractivity (Wildman–Crippen MR) is 133 cm³/mol. The van der Waals surface area contributed by atoms with Gasteiger partial charge in [0, 0.05) is 37.2 Å². The van der Waals surface area contributed by atoms with Crippen LogP contribution < -0.4 is 5.73 Å². The van der Waals surface area contributed by atoms with Gasteiger partial charge in [0.25, 0.3) is 5.91 Å². The molecule has 1 aliphatic heterocycles. The summed E-state index contributed by atoms with van der Waals surface area (Å²) in [7, 11) is 1.65. The second-order valence-corrected chi connectivity index (χ2v) is 10.4. The predicted octanol–water partition coefficient (Wildman–Crippen LogP) is -0.470. The molecular formula is C26H27N5O8. The maximum absolute atomic E-state index is 14.0. The number of ketones is 2. The second-order valence-electron chi connectivity index (χ2n) is 10.4. The molecule has 2 heterocycles. The number of carbonyl (C=O) groups is 3. The van der Waals surface area contributed by atoms with Crippen molar-refractivity contribution < 1.29 is 39.5 Å². The van der Waals surface area contributed by atoms with Crippen molar-refractivity contribution in [3.63, 3.8) is 0 Å². The van der Waals surface area contributed by atoms with Crippen LogP contribution in [0.3, 0.4) is 0 Å². The van der Waals surface area contributed by atoms with Gasteiger partial charge in [-0.2, -0.15) is 15.0 Å². The Bertz CT molecular complexity index is 1500. The van der Waals surface area contributed by atoms with Crippen LogP contribution in [0, 0.1) is 11.8 Å². The first kappa shape index (κ1) is 25.2. The summed E-state index contributed by atoms with van der Waals surface area (Å²) in [5, 5.41) is 53.4. The van der Waals surface area contributed by atoms with Crippen LogP contribution in [0.2, 0.25) is 0 Å². The van der Waals surface area contributed by atoms with Gasteiger partial charge in [-0.1, -0.05) is 0 Å². The summed E-state index contributed by atoms with van der Waals surface area (Å²) in [6.07, 6.45) is 1.72. The standard InChI is InChI=1S/C26H27N5O8/c1-30-28-10-15(29-30)12-2-3-16(32)18-13(12)8-11-9-14-20(31-4-6-39-7-5-31)22(34)19(25(27)37)24(36)26(14,38)23(35)17(11)21(18)33/h2-3,10-11,14,20,32-33,36,38H,4-9H2,1H3,(H2,27,37). The van der Waals surface area contributed by atoms with Crippen LogP contribution in [-0.4, -0.2) is 95.7 Å². The number of hydrogen-bond donors (Lipinski definition) is 5. The van der Waals surface area contributed by atoms with Crippen molar-refractivity contribution in [3.8, 4) is 17.0 Å². The highest BCUT2D eigenvalue weighted by Crippen LogP contribution is 2.53. The lowest BCUT2D eigenvalue weighted by Crippen LogP contribution is -2.67. The number of phenols is 1. The molecule has 1 saturated carbocycles. The number of ether oxygens (including phenoxy) is 1. The number of benzene rings is 1. The van der Waals surface area contributed by atoms with Crippen LogP contribution in [0.15, 0.2) is 35.2 Å². The third-order valence-electron chi connectivity index (χ3n) is 8.36. The van der Waals surface area contributed by atoms with E-state index in [9.17, 15) is 34.8 Å². The molecule has 3 aliphatic carbocycles. The number of primary amides is 1. The first-order chi connectivity index (χ1) is 18.6. The molecule has 0 radical (unpaired) electrons. The Morgan fingerprint density at radius 2 is 1.90 bits per heavy atom. The van der Waals surface area contributed by atoms with E-state index in [0.717, 1.165) is 0 Å². The molecule has 2 aromatic rings. The number of fused-ring (bicyclic) bond motifs is 3. The van der Waals surface area contributed by atoms with Gasteiger partial charge >= 0.3 is 0 Å². The molecule has 6 rings (SSSR count). The Morgan fingerprint density at radius 1 is 1.18 bits per heavy atom. The molecule has 1 aromatic carbocycles. The van der Waals surface area contributed by atoms with Gasteiger partial charge in [0.1, 0.15) is 28.5 Å². The largest absolute Gasteiger partial charge is 0.508 e. The number of morpholine rings is 1. The Balaban J connectivity index is 1.54. The average molecular weight is 538 g/mol. The van der Waals surface area contributed by atoms with Gasteiger partial charge < -0.3 is 30.9 Å². The zero-order valence-corrected chi connectivity index (χ0v) is 21.0. The van der Waals surface area contributed by atoms with Gasteiger partial charge in [-0.05, 0) is 36.5 Å². The van der Waals surface area contributed by atoms with Crippen molar-refractivity contribution >= 4 is 23.2 Å². The molecule has 204 valence electrons. The Kier molecular flexibility index (Phi) is 5.64. The minimum absolute atomic E-state index is 0.00927. The van der Waals surface area contributed by atoms with Gasteiger partial charge in [0.05, 0.1) is 31.0 Å². The van der Waals surface area contributed by atoms with E-state index in [2.05, 4.69) is 10.2 Å². The van der Waals surface area contributed by atoms with E-state index in [1.807, 2.05) is 0 Å². The molecule has 1 aromatic heterocycles. The molecule has 39 heavy (non-hydrogen) atoms. The molecule has 1 amide bonds. The Hall–Kier alpha value is -4.07. The number of aromatic hydroxyl groups is 1. The summed E-state index contributed by atoms with van der Waals surface area (Å²) < 4.78 is 5.40. The van der Waals surface area contributed by atoms with Gasteiger partial charge in [0.2, 0.25) is 5.78 Å². The zero-order chi connectivity index (χ0) is 27.8. The molecule has 4 unspecified atom stereocenters. The number of hydrogen-bond acceptors (Lipinski definition) is 11. The molecule has 0 bridgehead atoms. The maximum atomic E-state index is 14.0. The smallest absolute Gasteiger partial charge is 0.255 e. The summed E-state index contributed by atoms with van der Waals surface area (Å²) in [5.41, 5.74) is 3.35. The molecule has 4 atom stereocenters. The van der Waals surface area contributed by atoms with Crippen molar-refractivity contribution in [2.45, 2.75) is 24.5 Å².